The lowest BCUT2D eigenvalue weighted by atomic mass is 10.0. The number of hydrogen-bond acceptors (Lipinski definition) is 0. The fraction of sp³-hybridized carbons (Fsp3) is 1.00. The van der Waals surface area contributed by atoms with Crippen LogP contribution in [0.1, 0.15) is 149 Å². The molecule has 27 heavy (non-hydrogen) atoms. The second-order valence-electron chi connectivity index (χ2n) is 8.74. The highest BCUT2D eigenvalue weighted by atomic mass is 32.2. The van der Waals surface area contributed by atoms with Gasteiger partial charge in [-0.2, -0.15) is 0 Å². The first kappa shape index (κ1) is 27.4. The summed E-state index contributed by atoms with van der Waals surface area (Å²) in [5.41, 5.74) is 0. The zero-order valence-electron chi connectivity index (χ0n) is 19.7. The smallest absolute Gasteiger partial charge is 0.0654 e. The van der Waals surface area contributed by atoms with Gasteiger partial charge in [0.25, 0.3) is 0 Å². The van der Waals surface area contributed by atoms with E-state index in [9.17, 15) is 0 Å². The van der Waals surface area contributed by atoms with Gasteiger partial charge < -0.3 is 0 Å². The maximum absolute atomic E-state index is 2.35. The van der Waals surface area contributed by atoms with E-state index in [-0.39, 0.29) is 0 Å². The highest BCUT2D eigenvalue weighted by Crippen LogP contribution is 2.15. The summed E-state index contributed by atoms with van der Waals surface area (Å²) in [4.78, 5) is 0. The maximum Gasteiger partial charge on any atom is 0.108 e. The summed E-state index contributed by atoms with van der Waals surface area (Å²) in [6.07, 6.45) is 29.4. The van der Waals surface area contributed by atoms with Crippen LogP contribution in [0.2, 0.25) is 0 Å². The Morgan fingerprint density at radius 1 is 0.296 bits per heavy atom. The van der Waals surface area contributed by atoms with Gasteiger partial charge in [0, 0.05) is 0 Å². The van der Waals surface area contributed by atoms with Crippen molar-refractivity contribution in [3.05, 3.63) is 0 Å². The first-order valence-corrected chi connectivity index (χ1v) is 14.7. The minimum Gasteiger partial charge on any atom is -0.0654 e. The molecule has 0 amide bonds. The highest BCUT2D eigenvalue weighted by Gasteiger charge is 2.14. The predicted octanol–water partition coefficient (Wildman–Crippen LogP) is 9.47. The molecular weight excluding hydrogens is 344 g/mol. The highest BCUT2D eigenvalue weighted by molar-refractivity contribution is 7.96. The van der Waals surface area contributed by atoms with Crippen LogP contribution in [0.25, 0.3) is 0 Å². The Morgan fingerprint density at radius 3 is 0.889 bits per heavy atom. The molecule has 0 aliphatic carbocycles. The maximum atomic E-state index is 2.35. The molecule has 0 saturated heterocycles. The Balaban J connectivity index is 3.12. The molecule has 0 aliphatic rings. The average molecular weight is 400 g/mol. The van der Waals surface area contributed by atoms with Crippen LogP contribution >= 0.6 is 0 Å². The minimum atomic E-state index is 0.757. The molecule has 0 nitrogen and oxygen atoms in total. The van der Waals surface area contributed by atoms with E-state index in [2.05, 4.69) is 20.8 Å². The van der Waals surface area contributed by atoms with Gasteiger partial charge in [0.15, 0.2) is 0 Å². The summed E-state index contributed by atoms with van der Waals surface area (Å²) in [7, 11) is 0.757. The molecule has 0 spiro atoms. The Bertz CT molecular complexity index is 245. The lowest BCUT2D eigenvalue weighted by Crippen LogP contribution is -2.15. The third-order valence-corrected chi connectivity index (χ3v) is 8.61. The van der Waals surface area contributed by atoms with E-state index < -0.39 is 0 Å². The molecule has 0 aliphatic heterocycles. The molecule has 0 aromatic rings. The molecular formula is C26H55S+. The van der Waals surface area contributed by atoms with Crippen molar-refractivity contribution >= 4 is 10.9 Å². The number of unbranched alkanes of at least 4 members (excludes halogenated alkanes) is 17. The molecule has 0 unspecified atom stereocenters. The van der Waals surface area contributed by atoms with Gasteiger partial charge in [-0.3, -0.25) is 0 Å². The van der Waals surface area contributed by atoms with Crippen LogP contribution in [0, 0.1) is 0 Å². The van der Waals surface area contributed by atoms with Crippen LogP contribution < -0.4 is 0 Å². The van der Waals surface area contributed by atoms with Crippen LogP contribution in [-0.4, -0.2) is 17.3 Å². The lowest BCUT2D eigenvalue weighted by Gasteiger charge is -2.07. The van der Waals surface area contributed by atoms with Gasteiger partial charge in [0.2, 0.25) is 0 Å². The topological polar surface area (TPSA) is 0 Å². The zero-order valence-corrected chi connectivity index (χ0v) is 20.5. The van der Waals surface area contributed by atoms with Gasteiger partial charge in [-0.1, -0.05) is 124 Å². The Labute approximate surface area is 177 Å². The molecule has 0 atom stereocenters. The third kappa shape index (κ3) is 22.5. The van der Waals surface area contributed by atoms with Gasteiger partial charge in [0.05, 0.1) is 0 Å². The van der Waals surface area contributed by atoms with Gasteiger partial charge >= 0.3 is 0 Å². The minimum absolute atomic E-state index is 0.757. The summed E-state index contributed by atoms with van der Waals surface area (Å²) in [5.74, 6) is 4.51. The lowest BCUT2D eigenvalue weighted by molar-refractivity contribution is 0.526. The fourth-order valence-corrected chi connectivity index (χ4v) is 6.47. The molecule has 0 heterocycles. The summed E-state index contributed by atoms with van der Waals surface area (Å²) < 4.78 is 0. The average Bonchev–Trinajstić information content (AvgIpc) is 2.67. The molecule has 0 aromatic heterocycles. The summed E-state index contributed by atoms with van der Waals surface area (Å²) in [6, 6.07) is 0. The van der Waals surface area contributed by atoms with E-state index in [0.29, 0.717) is 0 Å². The summed E-state index contributed by atoms with van der Waals surface area (Å²) in [5, 5.41) is 0. The number of hydrogen-bond donors (Lipinski definition) is 0. The summed E-state index contributed by atoms with van der Waals surface area (Å²) in [6.45, 7) is 7.01. The monoisotopic (exact) mass is 399 g/mol. The van der Waals surface area contributed by atoms with Crippen molar-refractivity contribution in [1.29, 1.82) is 0 Å². The quantitative estimate of drug-likeness (QED) is 0.118. The van der Waals surface area contributed by atoms with E-state index in [1.54, 1.807) is 0 Å². The van der Waals surface area contributed by atoms with Crippen molar-refractivity contribution in [3.8, 4) is 0 Å². The second kappa shape index (κ2) is 24.4. The van der Waals surface area contributed by atoms with Gasteiger partial charge in [0.1, 0.15) is 17.3 Å². The van der Waals surface area contributed by atoms with Crippen LogP contribution in [-0.2, 0) is 10.9 Å². The molecule has 0 rings (SSSR count). The molecule has 1 heteroatoms. The predicted molar refractivity (Wildman–Crippen MR) is 131 cm³/mol. The molecule has 0 radical (unpaired) electrons. The van der Waals surface area contributed by atoms with E-state index in [4.69, 9.17) is 0 Å². The van der Waals surface area contributed by atoms with E-state index in [1.807, 2.05) is 0 Å². The first-order valence-electron chi connectivity index (χ1n) is 13.0. The Morgan fingerprint density at radius 2 is 0.593 bits per heavy atom. The molecule has 0 N–H and O–H groups in total. The number of rotatable bonds is 23. The largest absolute Gasteiger partial charge is 0.108 e. The van der Waals surface area contributed by atoms with Crippen molar-refractivity contribution in [2.45, 2.75) is 149 Å². The fourth-order valence-electron chi connectivity index (χ4n) is 4.09. The van der Waals surface area contributed by atoms with Gasteiger partial charge in [-0.05, 0) is 36.6 Å². The molecule has 0 fully saturated rings. The van der Waals surface area contributed by atoms with Crippen LogP contribution in [0.15, 0.2) is 0 Å². The van der Waals surface area contributed by atoms with E-state index >= 15 is 0 Å². The van der Waals surface area contributed by atoms with Crippen molar-refractivity contribution in [2.24, 2.45) is 0 Å². The van der Waals surface area contributed by atoms with Crippen molar-refractivity contribution < 1.29 is 0 Å². The third-order valence-electron chi connectivity index (χ3n) is 5.77. The molecule has 0 saturated carbocycles. The van der Waals surface area contributed by atoms with Crippen molar-refractivity contribution in [2.75, 3.05) is 17.3 Å². The zero-order chi connectivity index (χ0) is 19.8. The molecule has 0 bridgehead atoms. The summed E-state index contributed by atoms with van der Waals surface area (Å²) >= 11 is 0. The Hall–Kier alpha value is 0.350. The van der Waals surface area contributed by atoms with Crippen LogP contribution in [0.3, 0.4) is 0 Å². The SMILES string of the molecule is CCCCCCCCCCCCCCCCCCCC[S+](CCC)CCC. The van der Waals surface area contributed by atoms with E-state index in [0.717, 1.165) is 10.9 Å². The Kier molecular flexibility index (Phi) is 24.7. The van der Waals surface area contributed by atoms with Crippen molar-refractivity contribution in [1.82, 2.24) is 0 Å². The van der Waals surface area contributed by atoms with Gasteiger partial charge in [-0.15, -0.1) is 0 Å². The normalized spacial score (nSPS) is 11.6. The van der Waals surface area contributed by atoms with Gasteiger partial charge in [-0.25, -0.2) is 0 Å². The van der Waals surface area contributed by atoms with Crippen molar-refractivity contribution in [3.63, 3.8) is 0 Å². The van der Waals surface area contributed by atoms with Crippen LogP contribution in [0.4, 0.5) is 0 Å². The first-order chi connectivity index (χ1) is 13.3. The second-order valence-corrected chi connectivity index (χ2v) is 11.2. The van der Waals surface area contributed by atoms with Crippen LogP contribution in [0.5, 0.6) is 0 Å². The molecule has 0 aromatic carbocycles. The molecule has 164 valence electrons. The standard InChI is InChI=1S/C26H55S/c1-4-7-8-9-10-11-12-13-14-15-16-17-18-19-20-21-22-23-26-27(24-5-2)25-6-3/h4-26H2,1-3H3/q+1. The van der Waals surface area contributed by atoms with E-state index in [1.165, 1.54) is 146 Å².